The van der Waals surface area contributed by atoms with E-state index in [0.717, 1.165) is 52.2 Å². The minimum Gasteiger partial charge on any atom is -0.497 e. The van der Waals surface area contributed by atoms with E-state index in [-0.39, 0.29) is 0 Å². The Balaban J connectivity index is 1.40. The van der Waals surface area contributed by atoms with Crippen LogP contribution in [-0.2, 0) is 0 Å². The largest absolute Gasteiger partial charge is 0.497 e. The van der Waals surface area contributed by atoms with Gasteiger partial charge >= 0.3 is 0 Å². The zero-order valence-electron chi connectivity index (χ0n) is 18.2. The highest BCUT2D eigenvalue weighted by Gasteiger charge is 2.21. The van der Waals surface area contributed by atoms with E-state index >= 15 is 0 Å². The SMILES string of the molecule is COc1ccc2nc(Nc3ccc(N(C)C4CCN(C)CC4)cc3)c3n[nH]cc3c2c1. The van der Waals surface area contributed by atoms with E-state index in [1.165, 1.54) is 18.5 Å². The van der Waals surface area contributed by atoms with Crippen LogP contribution in [0.4, 0.5) is 17.2 Å². The summed E-state index contributed by atoms with van der Waals surface area (Å²) < 4.78 is 5.37. The Kier molecular flexibility index (Phi) is 5.11. The van der Waals surface area contributed by atoms with Crippen LogP contribution in [0.5, 0.6) is 5.75 Å². The van der Waals surface area contributed by atoms with Crippen LogP contribution < -0.4 is 15.0 Å². The van der Waals surface area contributed by atoms with E-state index in [2.05, 4.69) is 63.7 Å². The standard InChI is InChI=1S/C24H28N6O/c1-29-12-10-18(11-13-29)30(2)17-6-4-16(5-7-17)26-24-23-21(15-25-28-23)20-14-19(31-3)8-9-22(20)27-24/h4-9,14-15,18H,10-13H2,1-3H3,(H,25,28)(H,26,27). The van der Waals surface area contributed by atoms with Gasteiger partial charge in [0.1, 0.15) is 11.3 Å². The van der Waals surface area contributed by atoms with Gasteiger partial charge in [-0.3, -0.25) is 5.10 Å². The number of nitrogens with zero attached hydrogens (tertiary/aromatic N) is 4. The van der Waals surface area contributed by atoms with Crippen molar-refractivity contribution in [3.8, 4) is 5.75 Å². The highest BCUT2D eigenvalue weighted by Crippen LogP contribution is 2.32. The number of fused-ring (bicyclic) bond motifs is 3. The second kappa shape index (κ2) is 8.07. The molecule has 160 valence electrons. The van der Waals surface area contributed by atoms with Crippen LogP contribution in [0.2, 0.25) is 0 Å². The first kappa shape index (κ1) is 19.6. The third-order valence-corrected chi connectivity index (χ3v) is 6.36. The van der Waals surface area contributed by atoms with E-state index in [9.17, 15) is 0 Å². The Morgan fingerprint density at radius 2 is 1.87 bits per heavy atom. The molecule has 1 aliphatic rings. The quantitative estimate of drug-likeness (QED) is 0.503. The van der Waals surface area contributed by atoms with Crippen LogP contribution in [0, 0.1) is 0 Å². The van der Waals surface area contributed by atoms with Gasteiger partial charge in [-0.25, -0.2) is 4.98 Å². The molecular formula is C24H28N6O. The number of hydrogen-bond donors (Lipinski definition) is 2. The Labute approximate surface area is 182 Å². The first-order chi connectivity index (χ1) is 15.1. The zero-order chi connectivity index (χ0) is 21.4. The van der Waals surface area contributed by atoms with Crippen molar-refractivity contribution >= 4 is 39.0 Å². The van der Waals surface area contributed by atoms with Crippen LogP contribution in [0.15, 0.2) is 48.7 Å². The maximum Gasteiger partial charge on any atom is 0.159 e. The Morgan fingerprint density at radius 1 is 1.10 bits per heavy atom. The van der Waals surface area contributed by atoms with Gasteiger partial charge in [0.05, 0.1) is 12.6 Å². The van der Waals surface area contributed by atoms with Gasteiger partial charge < -0.3 is 19.9 Å². The van der Waals surface area contributed by atoms with Gasteiger partial charge in [0, 0.05) is 41.4 Å². The normalized spacial score (nSPS) is 15.5. The van der Waals surface area contributed by atoms with Crippen molar-refractivity contribution < 1.29 is 4.74 Å². The average molecular weight is 417 g/mol. The lowest BCUT2D eigenvalue weighted by Gasteiger charge is -2.36. The summed E-state index contributed by atoms with van der Waals surface area (Å²) in [6.07, 6.45) is 4.31. The summed E-state index contributed by atoms with van der Waals surface area (Å²) in [4.78, 5) is 9.63. The van der Waals surface area contributed by atoms with Crippen molar-refractivity contribution in [2.45, 2.75) is 18.9 Å². The van der Waals surface area contributed by atoms with Crippen molar-refractivity contribution in [2.75, 3.05) is 44.5 Å². The van der Waals surface area contributed by atoms with Crippen molar-refractivity contribution in [3.63, 3.8) is 0 Å². The van der Waals surface area contributed by atoms with Gasteiger partial charge in [0.25, 0.3) is 0 Å². The molecule has 2 N–H and O–H groups in total. The molecule has 3 heterocycles. The van der Waals surface area contributed by atoms with Gasteiger partial charge in [-0.1, -0.05) is 0 Å². The maximum atomic E-state index is 5.37. The molecule has 31 heavy (non-hydrogen) atoms. The summed E-state index contributed by atoms with van der Waals surface area (Å²) in [7, 11) is 6.07. The summed E-state index contributed by atoms with van der Waals surface area (Å²) in [6.45, 7) is 2.32. The van der Waals surface area contributed by atoms with Crippen LogP contribution >= 0.6 is 0 Å². The molecule has 0 bridgehead atoms. The number of hydrogen-bond acceptors (Lipinski definition) is 6. The van der Waals surface area contributed by atoms with Gasteiger partial charge in [-0.15, -0.1) is 0 Å². The molecule has 5 rings (SSSR count). The molecule has 7 heteroatoms. The maximum absolute atomic E-state index is 5.37. The molecule has 1 aliphatic heterocycles. The minimum atomic E-state index is 0.595. The van der Waals surface area contributed by atoms with Crippen LogP contribution in [0.1, 0.15) is 12.8 Å². The number of rotatable bonds is 5. The highest BCUT2D eigenvalue weighted by atomic mass is 16.5. The lowest BCUT2D eigenvalue weighted by molar-refractivity contribution is 0.253. The Hall–Kier alpha value is -3.32. The molecule has 0 unspecified atom stereocenters. The van der Waals surface area contributed by atoms with E-state index < -0.39 is 0 Å². The van der Waals surface area contributed by atoms with Crippen molar-refractivity contribution in [3.05, 3.63) is 48.7 Å². The lowest BCUT2D eigenvalue weighted by atomic mass is 10.0. The van der Waals surface area contributed by atoms with Gasteiger partial charge in [-0.05, 0) is 75.4 Å². The highest BCUT2D eigenvalue weighted by molar-refractivity contribution is 6.09. The number of ether oxygens (including phenoxy) is 1. The first-order valence-electron chi connectivity index (χ1n) is 10.7. The van der Waals surface area contributed by atoms with Gasteiger partial charge in [-0.2, -0.15) is 5.10 Å². The van der Waals surface area contributed by atoms with E-state index in [1.807, 2.05) is 24.4 Å². The molecule has 4 aromatic rings. The lowest BCUT2D eigenvalue weighted by Crippen LogP contribution is -2.41. The molecule has 1 saturated heterocycles. The number of H-pyrrole nitrogens is 1. The Morgan fingerprint density at radius 3 is 2.61 bits per heavy atom. The summed E-state index contributed by atoms with van der Waals surface area (Å²) in [5, 5.41) is 12.9. The smallest absolute Gasteiger partial charge is 0.159 e. The molecule has 7 nitrogen and oxygen atoms in total. The second-order valence-corrected chi connectivity index (χ2v) is 8.31. The molecular weight excluding hydrogens is 388 g/mol. The Bertz CT molecular complexity index is 1190. The molecule has 2 aromatic carbocycles. The third-order valence-electron chi connectivity index (χ3n) is 6.36. The van der Waals surface area contributed by atoms with Crippen molar-refractivity contribution in [1.82, 2.24) is 20.1 Å². The van der Waals surface area contributed by atoms with Gasteiger partial charge in [0.2, 0.25) is 0 Å². The number of methoxy groups -OCH3 is 1. The topological polar surface area (TPSA) is 69.3 Å². The van der Waals surface area contributed by atoms with Crippen LogP contribution in [-0.4, -0.2) is 60.4 Å². The number of anilines is 3. The molecule has 1 fully saturated rings. The summed E-state index contributed by atoms with van der Waals surface area (Å²) in [6, 6.07) is 15.1. The van der Waals surface area contributed by atoms with E-state index in [0.29, 0.717) is 6.04 Å². The predicted octanol–water partition coefficient (Wildman–Crippen LogP) is 4.39. The summed E-state index contributed by atoms with van der Waals surface area (Å²) in [5.74, 6) is 1.55. The minimum absolute atomic E-state index is 0.595. The fourth-order valence-corrected chi connectivity index (χ4v) is 4.40. The third kappa shape index (κ3) is 3.77. The van der Waals surface area contributed by atoms with Gasteiger partial charge in [0.15, 0.2) is 5.82 Å². The molecule has 0 amide bonds. The molecule has 0 atom stereocenters. The fraction of sp³-hybridized carbons (Fsp3) is 0.333. The number of piperidine rings is 1. The number of likely N-dealkylation sites (tertiary alicyclic amines) is 1. The second-order valence-electron chi connectivity index (χ2n) is 8.31. The van der Waals surface area contributed by atoms with E-state index in [1.54, 1.807) is 7.11 Å². The summed E-state index contributed by atoms with van der Waals surface area (Å²) in [5.41, 5.74) is 3.94. The van der Waals surface area contributed by atoms with Crippen LogP contribution in [0.25, 0.3) is 21.8 Å². The molecule has 0 radical (unpaired) electrons. The molecule has 0 aliphatic carbocycles. The number of nitrogens with one attached hydrogen (secondary N) is 2. The number of aromatic nitrogens is 3. The number of aromatic amines is 1. The number of pyridine rings is 1. The molecule has 2 aromatic heterocycles. The van der Waals surface area contributed by atoms with Crippen molar-refractivity contribution in [1.29, 1.82) is 0 Å². The first-order valence-corrected chi connectivity index (χ1v) is 10.7. The molecule has 0 saturated carbocycles. The van der Waals surface area contributed by atoms with Crippen molar-refractivity contribution in [2.24, 2.45) is 0 Å². The average Bonchev–Trinajstić information content (AvgIpc) is 3.30. The van der Waals surface area contributed by atoms with E-state index in [4.69, 9.17) is 9.72 Å². The monoisotopic (exact) mass is 416 g/mol. The predicted molar refractivity (Wildman–Crippen MR) is 127 cm³/mol. The summed E-state index contributed by atoms with van der Waals surface area (Å²) >= 11 is 0. The fourth-order valence-electron chi connectivity index (χ4n) is 4.40. The zero-order valence-corrected chi connectivity index (χ0v) is 18.2. The van der Waals surface area contributed by atoms with Crippen LogP contribution in [0.3, 0.4) is 0 Å². The number of benzene rings is 2. The molecule has 0 spiro atoms.